The first-order valence-electron chi connectivity index (χ1n) is 8.97. The fourth-order valence-electron chi connectivity index (χ4n) is 4.90. The molecule has 0 radical (unpaired) electrons. The molecule has 1 aromatic rings. The van der Waals surface area contributed by atoms with Gasteiger partial charge in [-0.2, -0.15) is 0 Å². The van der Waals surface area contributed by atoms with Crippen LogP contribution in [0.15, 0.2) is 12.1 Å². The zero-order chi connectivity index (χ0) is 18.6. The van der Waals surface area contributed by atoms with Crippen LogP contribution in [-0.4, -0.2) is 17.0 Å². The Morgan fingerprint density at radius 2 is 2.00 bits per heavy atom. The predicted molar refractivity (Wildman–Crippen MR) is 99.2 cm³/mol. The van der Waals surface area contributed by atoms with E-state index in [1.807, 2.05) is 12.1 Å². The van der Waals surface area contributed by atoms with Gasteiger partial charge in [0.15, 0.2) is 0 Å². The number of benzene rings is 1. The fraction of sp³-hybridized carbons (Fsp3) is 0.600. The minimum absolute atomic E-state index is 0.110. The molecule has 0 saturated heterocycles. The Balaban J connectivity index is 2.23. The Kier molecular flexibility index (Phi) is 4.39. The van der Waals surface area contributed by atoms with Gasteiger partial charge in [0, 0.05) is 17.1 Å². The lowest BCUT2D eigenvalue weighted by molar-refractivity contribution is -0.157. The lowest BCUT2D eigenvalue weighted by Gasteiger charge is -2.49. The van der Waals surface area contributed by atoms with Crippen molar-refractivity contribution in [1.82, 2.24) is 0 Å². The monoisotopic (exact) mass is 363 g/mol. The molecule has 0 unspecified atom stereocenters. The summed E-state index contributed by atoms with van der Waals surface area (Å²) in [6.45, 7) is 8.03. The number of carbonyl (C=O) groups excluding carboxylic acids is 1. The number of aliphatic carboxylic acids is 1. The maximum Gasteiger partial charge on any atom is 0.309 e. The lowest BCUT2D eigenvalue weighted by Crippen LogP contribution is -2.50. The van der Waals surface area contributed by atoms with Crippen LogP contribution < -0.4 is 5.32 Å². The summed E-state index contributed by atoms with van der Waals surface area (Å²) >= 11 is 6.54. The summed E-state index contributed by atoms with van der Waals surface area (Å²) in [5.41, 5.74) is 1.47. The van der Waals surface area contributed by atoms with Crippen molar-refractivity contribution in [2.75, 3.05) is 5.32 Å². The summed E-state index contributed by atoms with van der Waals surface area (Å²) in [4.78, 5) is 24.6. The van der Waals surface area contributed by atoms with Gasteiger partial charge in [-0.05, 0) is 60.3 Å². The van der Waals surface area contributed by atoms with E-state index in [0.717, 1.165) is 29.7 Å². The molecule has 5 heteroatoms. The molecule has 3 rings (SSSR count). The maximum absolute atomic E-state index is 12.6. The molecular formula is C20H26ClNO3. The van der Waals surface area contributed by atoms with Crippen LogP contribution in [0.1, 0.15) is 70.4 Å². The molecule has 0 aromatic heterocycles. The number of anilines is 1. The molecule has 1 amide bonds. The molecule has 25 heavy (non-hydrogen) atoms. The van der Waals surface area contributed by atoms with Crippen molar-refractivity contribution in [2.24, 2.45) is 11.3 Å². The molecule has 2 N–H and O–H groups in total. The molecule has 4 nitrogen and oxygen atoms in total. The van der Waals surface area contributed by atoms with Crippen LogP contribution in [0, 0.1) is 11.3 Å². The zero-order valence-corrected chi connectivity index (χ0v) is 16.0. The highest BCUT2D eigenvalue weighted by atomic mass is 35.5. The van der Waals surface area contributed by atoms with Gasteiger partial charge >= 0.3 is 5.97 Å². The van der Waals surface area contributed by atoms with Gasteiger partial charge in [-0.1, -0.05) is 38.8 Å². The van der Waals surface area contributed by atoms with E-state index in [4.69, 9.17) is 11.6 Å². The number of carboxylic acid groups (broad SMARTS) is 1. The number of hydrogen-bond donors (Lipinski definition) is 2. The number of halogens is 1. The molecule has 3 atom stereocenters. The first kappa shape index (κ1) is 18.2. The Hall–Kier alpha value is -1.55. The summed E-state index contributed by atoms with van der Waals surface area (Å²) < 4.78 is 0. The Bertz CT molecular complexity index is 745. The van der Waals surface area contributed by atoms with E-state index in [1.54, 1.807) is 6.92 Å². The molecule has 1 aliphatic carbocycles. The van der Waals surface area contributed by atoms with Crippen molar-refractivity contribution in [2.45, 2.75) is 64.7 Å². The molecular weight excluding hydrogens is 338 g/mol. The van der Waals surface area contributed by atoms with Crippen molar-refractivity contribution < 1.29 is 14.7 Å². The SMILES string of the molecule is CC(C)c1cc2c(cc1Cl)[C@@]1(C)CCC[C@@](C)(C(=O)O)[C@@H]1CC(=O)N2. The quantitative estimate of drug-likeness (QED) is 0.780. The highest BCUT2D eigenvalue weighted by molar-refractivity contribution is 6.31. The largest absolute Gasteiger partial charge is 0.481 e. The van der Waals surface area contributed by atoms with Crippen LogP contribution in [0.2, 0.25) is 5.02 Å². The number of fused-ring (bicyclic) bond motifs is 3. The average Bonchev–Trinajstić information content (AvgIpc) is 2.62. The van der Waals surface area contributed by atoms with E-state index >= 15 is 0 Å². The van der Waals surface area contributed by atoms with Gasteiger partial charge < -0.3 is 10.4 Å². The summed E-state index contributed by atoms with van der Waals surface area (Å²) in [5, 5.41) is 13.6. The van der Waals surface area contributed by atoms with Gasteiger partial charge in [0.05, 0.1) is 5.41 Å². The zero-order valence-electron chi connectivity index (χ0n) is 15.3. The number of carbonyl (C=O) groups is 2. The number of amides is 1. The van der Waals surface area contributed by atoms with Gasteiger partial charge in [0.25, 0.3) is 0 Å². The molecule has 136 valence electrons. The van der Waals surface area contributed by atoms with E-state index < -0.39 is 11.4 Å². The van der Waals surface area contributed by atoms with E-state index in [0.29, 0.717) is 11.4 Å². The van der Waals surface area contributed by atoms with Crippen molar-refractivity contribution in [3.8, 4) is 0 Å². The van der Waals surface area contributed by atoms with E-state index in [9.17, 15) is 14.7 Å². The number of hydrogen-bond acceptors (Lipinski definition) is 2. The van der Waals surface area contributed by atoms with E-state index in [-0.39, 0.29) is 29.6 Å². The minimum Gasteiger partial charge on any atom is -0.481 e. The fourth-order valence-corrected chi connectivity index (χ4v) is 5.28. The third-order valence-corrected chi connectivity index (χ3v) is 6.78. The summed E-state index contributed by atoms with van der Waals surface area (Å²) in [6.07, 6.45) is 2.51. The topological polar surface area (TPSA) is 66.4 Å². The molecule has 2 aliphatic rings. The summed E-state index contributed by atoms with van der Waals surface area (Å²) in [5.74, 6) is -0.934. The van der Waals surface area contributed by atoms with Crippen LogP contribution in [0.3, 0.4) is 0 Å². The van der Waals surface area contributed by atoms with Crippen molar-refractivity contribution >= 4 is 29.2 Å². The number of carboxylic acids is 1. The van der Waals surface area contributed by atoms with Gasteiger partial charge in [-0.15, -0.1) is 0 Å². The minimum atomic E-state index is -0.908. The van der Waals surface area contributed by atoms with Gasteiger partial charge in [0.1, 0.15) is 0 Å². The number of nitrogens with one attached hydrogen (secondary N) is 1. The van der Waals surface area contributed by atoms with Crippen LogP contribution >= 0.6 is 11.6 Å². The summed E-state index contributed by atoms with van der Waals surface area (Å²) in [6, 6.07) is 3.93. The highest BCUT2D eigenvalue weighted by Crippen LogP contribution is 2.57. The highest BCUT2D eigenvalue weighted by Gasteiger charge is 2.55. The Labute approximate surface area is 153 Å². The molecule has 1 heterocycles. The van der Waals surface area contributed by atoms with Crippen LogP contribution in [0.25, 0.3) is 0 Å². The van der Waals surface area contributed by atoms with Crippen LogP contribution in [0.4, 0.5) is 5.69 Å². The first-order valence-corrected chi connectivity index (χ1v) is 9.34. The molecule has 1 aliphatic heterocycles. The third-order valence-electron chi connectivity index (χ3n) is 6.46. The predicted octanol–water partition coefficient (Wildman–Crippen LogP) is 4.95. The van der Waals surface area contributed by atoms with Crippen LogP contribution in [0.5, 0.6) is 0 Å². The van der Waals surface area contributed by atoms with Crippen molar-refractivity contribution in [3.63, 3.8) is 0 Å². The molecule has 0 bridgehead atoms. The second kappa shape index (κ2) is 6.01. The standard InChI is InChI=1S/C20H26ClNO3/c1-11(2)12-8-15-13(9-14(12)21)19(3)6-5-7-20(4,18(24)25)16(19)10-17(23)22-15/h8-9,11,16H,5-7,10H2,1-4H3,(H,22,23)(H,24,25)/t16-,19-,20-/m1/s1. The molecule has 1 aromatic carbocycles. The van der Waals surface area contributed by atoms with Crippen molar-refractivity contribution in [3.05, 3.63) is 28.3 Å². The number of rotatable bonds is 2. The second-order valence-electron chi connectivity index (χ2n) is 8.37. The average molecular weight is 364 g/mol. The smallest absolute Gasteiger partial charge is 0.309 e. The summed E-state index contributed by atoms with van der Waals surface area (Å²) in [7, 11) is 0. The van der Waals surface area contributed by atoms with Crippen LogP contribution in [-0.2, 0) is 15.0 Å². The van der Waals surface area contributed by atoms with Gasteiger partial charge in [-0.3, -0.25) is 9.59 Å². The Morgan fingerprint density at radius 1 is 1.32 bits per heavy atom. The van der Waals surface area contributed by atoms with Crippen molar-refractivity contribution in [1.29, 1.82) is 0 Å². The first-order chi connectivity index (χ1) is 11.6. The molecule has 0 spiro atoms. The van der Waals surface area contributed by atoms with Gasteiger partial charge in [-0.25, -0.2) is 0 Å². The second-order valence-corrected chi connectivity index (χ2v) is 8.78. The maximum atomic E-state index is 12.6. The Morgan fingerprint density at radius 3 is 2.60 bits per heavy atom. The van der Waals surface area contributed by atoms with E-state index in [2.05, 4.69) is 26.1 Å². The lowest BCUT2D eigenvalue weighted by atomic mass is 9.53. The molecule has 1 saturated carbocycles. The normalized spacial score (nSPS) is 31.8. The molecule has 1 fully saturated rings. The van der Waals surface area contributed by atoms with E-state index in [1.165, 1.54) is 0 Å². The van der Waals surface area contributed by atoms with Gasteiger partial charge in [0.2, 0.25) is 5.91 Å². The third kappa shape index (κ3) is 2.75.